The van der Waals surface area contributed by atoms with Crippen LogP contribution in [0.15, 0.2) is 18.2 Å². The summed E-state index contributed by atoms with van der Waals surface area (Å²) in [4.78, 5) is 22.9. The van der Waals surface area contributed by atoms with E-state index in [2.05, 4.69) is 10.6 Å². The number of halogens is 1. The Bertz CT molecular complexity index is 513. The molecule has 2 amide bonds. The minimum Gasteiger partial charge on any atom is -0.478 e. The van der Waals surface area contributed by atoms with Gasteiger partial charge >= 0.3 is 12.0 Å². The van der Waals surface area contributed by atoms with Crippen molar-refractivity contribution in [1.29, 1.82) is 0 Å². The van der Waals surface area contributed by atoms with E-state index >= 15 is 0 Å². The minimum atomic E-state index is -1.30. The molecule has 20 heavy (non-hydrogen) atoms. The van der Waals surface area contributed by atoms with E-state index in [-0.39, 0.29) is 16.8 Å². The summed E-state index contributed by atoms with van der Waals surface area (Å²) < 4.78 is 13.0. The SMILES string of the molecule is CCC(C)(CC)NC(=O)Nc1ccc(F)cc1C(=O)O. The molecule has 0 fully saturated rings. The summed E-state index contributed by atoms with van der Waals surface area (Å²) in [7, 11) is 0. The topological polar surface area (TPSA) is 78.4 Å². The summed E-state index contributed by atoms with van der Waals surface area (Å²) in [6.07, 6.45) is 1.48. The lowest BCUT2D eigenvalue weighted by atomic mass is 9.96. The Kier molecular flexibility index (Phi) is 5.07. The van der Waals surface area contributed by atoms with Gasteiger partial charge in [0, 0.05) is 5.54 Å². The van der Waals surface area contributed by atoms with Crippen molar-refractivity contribution < 1.29 is 19.1 Å². The number of carbonyl (C=O) groups is 2. The van der Waals surface area contributed by atoms with Gasteiger partial charge in [-0.15, -0.1) is 0 Å². The van der Waals surface area contributed by atoms with Crippen molar-refractivity contribution in [3.05, 3.63) is 29.6 Å². The van der Waals surface area contributed by atoms with Crippen LogP contribution >= 0.6 is 0 Å². The second kappa shape index (κ2) is 6.36. The zero-order valence-electron chi connectivity index (χ0n) is 11.8. The van der Waals surface area contributed by atoms with Crippen LogP contribution in [0.5, 0.6) is 0 Å². The first-order valence-electron chi connectivity index (χ1n) is 6.43. The van der Waals surface area contributed by atoms with E-state index in [1.165, 1.54) is 6.07 Å². The van der Waals surface area contributed by atoms with Gasteiger partial charge in [-0.25, -0.2) is 14.0 Å². The molecule has 3 N–H and O–H groups in total. The molecule has 0 aliphatic heterocycles. The highest BCUT2D eigenvalue weighted by molar-refractivity contribution is 6.00. The van der Waals surface area contributed by atoms with Gasteiger partial charge in [-0.3, -0.25) is 0 Å². The molecule has 0 aliphatic carbocycles. The highest BCUT2D eigenvalue weighted by Gasteiger charge is 2.22. The summed E-state index contributed by atoms with van der Waals surface area (Å²) in [5.74, 6) is -1.96. The van der Waals surface area contributed by atoms with E-state index in [9.17, 15) is 14.0 Å². The van der Waals surface area contributed by atoms with Gasteiger partial charge in [-0.05, 0) is 38.0 Å². The molecule has 1 aromatic carbocycles. The molecule has 0 aromatic heterocycles. The number of amides is 2. The second-order valence-corrected chi connectivity index (χ2v) is 4.84. The van der Waals surface area contributed by atoms with Gasteiger partial charge in [0.15, 0.2) is 0 Å². The van der Waals surface area contributed by atoms with Crippen molar-refractivity contribution in [3.63, 3.8) is 0 Å². The fourth-order valence-electron chi connectivity index (χ4n) is 1.66. The number of hydrogen-bond acceptors (Lipinski definition) is 2. The van der Waals surface area contributed by atoms with Crippen molar-refractivity contribution in [3.8, 4) is 0 Å². The summed E-state index contributed by atoms with van der Waals surface area (Å²) in [6, 6.07) is 2.69. The summed E-state index contributed by atoms with van der Waals surface area (Å²) in [5, 5.41) is 14.2. The average Bonchev–Trinajstić information content (AvgIpc) is 2.40. The lowest BCUT2D eigenvalue weighted by molar-refractivity contribution is 0.0697. The quantitative estimate of drug-likeness (QED) is 0.775. The predicted molar refractivity (Wildman–Crippen MR) is 74.5 cm³/mol. The normalized spacial score (nSPS) is 11.0. The minimum absolute atomic E-state index is 0.0611. The van der Waals surface area contributed by atoms with Gasteiger partial charge in [0.05, 0.1) is 11.3 Å². The van der Waals surface area contributed by atoms with Crippen LogP contribution in [0.1, 0.15) is 44.0 Å². The molecule has 0 spiro atoms. The molecule has 0 unspecified atom stereocenters. The van der Waals surface area contributed by atoms with Crippen LogP contribution in [0, 0.1) is 5.82 Å². The zero-order chi connectivity index (χ0) is 15.3. The van der Waals surface area contributed by atoms with E-state index in [1.54, 1.807) is 0 Å². The third kappa shape index (κ3) is 3.94. The molecule has 0 heterocycles. The zero-order valence-corrected chi connectivity index (χ0v) is 11.8. The van der Waals surface area contributed by atoms with Crippen LogP contribution < -0.4 is 10.6 Å². The predicted octanol–water partition coefficient (Wildman–Crippen LogP) is 3.22. The standard InChI is InChI=1S/C14H19FN2O3/c1-4-14(3,5-2)17-13(20)16-11-7-6-9(15)8-10(11)12(18)19/h6-8H,4-5H2,1-3H3,(H,18,19)(H2,16,17,20). The van der Waals surface area contributed by atoms with E-state index in [1.807, 2.05) is 20.8 Å². The number of urea groups is 1. The molecule has 0 bridgehead atoms. The van der Waals surface area contributed by atoms with Crippen LogP contribution in [0.2, 0.25) is 0 Å². The van der Waals surface area contributed by atoms with Crippen molar-refractivity contribution >= 4 is 17.7 Å². The monoisotopic (exact) mass is 282 g/mol. The molecule has 0 atom stereocenters. The number of nitrogens with one attached hydrogen (secondary N) is 2. The van der Waals surface area contributed by atoms with Crippen LogP contribution in [0.3, 0.4) is 0 Å². The van der Waals surface area contributed by atoms with Crippen LogP contribution in [0.4, 0.5) is 14.9 Å². The van der Waals surface area contributed by atoms with Gasteiger partial charge in [-0.1, -0.05) is 13.8 Å². The molecule has 0 saturated carbocycles. The average molecular weight is 282 g/mol. The molecular formula is C14H19FN2O3. The molecule has 5 nitrogen and oxygen atoms in total. The smallest absolute Gasteiger partial charge is 0.337 e. The van der Waals surface area contributed by atoms with Gasteiger partial charge in [0.2, 0.25) is 0 Å². The summed E-state index contributed by atoms with van der Waals surface area (Å²) >= 11 is 0. The lowest BCUT2D eigenvalue weighted by Crippen LogP contribution is -2.47. The van der Waals surface area contributed by atoms with E-state index in [0.29, 0.717) is 0 Å². The van der Waals surface area contributed by atoms with E-state index in [4.69, 9.17) is 5.11 Å². The van der Waals surface area contributed by atoms with Crippen molar-refractivity contribution in [1.82, 2.24) is 5.32 Å². The fraction of sp³-hybridized carbons (Fsp3) is 0.429. The number of hydrogen-bond donors (Lipinski definition) is 3. The van der Waals surface area contributed by atoms with Crippen molar-refractivity contribution in [2.24, 2.45) is 0 Å². The maximum absolute atomic E-state index is 13.0. The Hall–Kier alpha value is -2.11. The van der Waals surface area contributed by atoms with Gasteiger partial charge < -0.3 is 15.7 Å². The lowest BCUT2D eigenvalue weighted by Gasteiger charge is -2.28. The Morgan fingerprint density at radius 2 is 1.90 bits per heavy atom. The largest absolute Gasteiger partial charge is 0.478 e. The molecule has 1 rings (SSSR count). The number of carboxylic acids is 1. The summed E-state index contributed by atoms with van der Waals surface area (Å²) in [5.41, 5.74) is -0.589. The number of rotatable bonds is 5. The van der Waals surface area contributed by atoms with Crippen LogP contribution in [0.25, 0.3) is 0 Å². The number of aromatic carboxylic acids is 1. The molecule has 1 aromatic rings. The van der Waals surface area contributed by atoms with Gasteiger partial charge in [0.1, 0.15) is 5.82 Å². The van der Waals surface area contributed by atoms with Gasteiger partial charge in [0.25, 0.3) is 0 Å². The number of carboxylic acid groups (broad SMARTS) is 1. The Morgan fingerprint density at radius 3 is 2.40 bits per heavy atom. The molecule has 0 radical (unpaired) electrons. The van der Waals surface area contributed by atoms with Crippen molar-refractivity contribution in [2.75, 3.05) is 5.32 Å². The Morgan fingerprint density at radius 1 is 1.30 bits per heavy atom. The van der Waals surface area contributed by atoms with E-state index < -0.39 is 17.8 Å². The first kappa shape index (κ1) is 15.9. The molecule has 110 valence electrons. The summed E-state index contributed by atoms with van der Waals surface area (Å²) in [6.45, 7) is 5.80. The molecular weight excluding hydrogens is 263 g/mol. The molecule has 0 saturated heterocycles. The van der Waals surface area contributed by atoms with Crippen LogP contribution in [-0.4, -0.2) is 22.6 Å². The van der Waals surface area contributed by atoms with Crippen molar-refractivity contribution in [2.45, 2.75) is 39.2 Å². The fourth-order valence-corrected chi connectivity index (χ4v) is 1.66. The number of carbonyl (C=O) groups excluding carboxylic acids is 1. The highest BCUT2D eigenvalue weighted by Crippen LogP contribution is 2.18. The Balaban J connectivity index is 2.89. The Labute approximate surface area is 117 Å². The molecule has 0 aliphatic rings. The first-order valence-corrected chi connectivity index (χ1v) is 6.43. The third-order valence-corrected chi connectivity index (χ3v) is 3.44. The third-order valence-electron chi connectivity index (χ3n) is 3.44. The number of benzene rings is 1. The maximum Gasteiger partial charge on any atom is 0.337 e. The second-order valence-electron chi connectivity index (χ2n) is 4.84. The van der Waals surface area contributed by atoms with Gasteiger partial charge in [-0.2, -0.15) is 0 Å². The molecule has 6 heteroatoms. The number of anilines is 1. The highest BCUT2D eigenvalue weighted by atomic mass is 19.1. The maximum atomic E-state index is 13.0. The van der Waals surface area contributed by atoms with E-state index in [0.717, 1.165) is 25.0 Å². The first-order chi connectivity index (χ1) is 9.31. The van der Waals surface area contributed by atoms with Crippen LogP contribution in [-0.2, 0) is 0 Å².